The van der Waals surface area contributed by atoms with Crippen LogP contribution < -0.4 is 10.6 Å². The maximum absolute atomic E-state index is 13.6. The van der Waals surface area contributed by atoms with E-state index >= 15 is 0 Å². The molecule has 1 rings (SSSR count). The molecule has 0 radical (unpaired) electrons. The van der Waals surface area contributed by atoms with Crippen molar-refractivity contribution in [3.05, 3.63) is 35.6 Å². The summed E-state index contributed by atoms with van der Waals surface area (Å²) in [6, 6.07) is 6.96. The molecule has 1 unspecified atom stereocenters. The summed E-state index contributed by atoms with van der Waals surface area (Å²) < 4.78 is 13.6. The molecule has 0 bridgehead atoms. The van der Waals surface area contributed by atoms with E-state index in [0.717, 1.165) is 6.42 Å². The summed E-state index contributed by atoms with van der Waals surface area (Å²) in [5, 5.41) is 6.39. The van der Waals surface area contributed by atoms with Gasteiger partial charge in [0.2, 0.25) is 5.91 Å². The topological polar surface area (TPSA) is 56.7 Å². The fourth-order valence-electron chi connectivity index (χ4n) is 1.79. The second-order valence-corrected chi connectivity index (χ2v) is 5.67. The molecule has 0 saturated carbocycles. The summed E-state index contributed by atoms with van der Waals surface area (Å²) >= 11 is 0. The number of guanidine groups is 1. The standard InChI is InChI=1S/C17H27FN4O/c1-5-13(2)21-17(20-12-16(23)22(3)4)19-11-10-14-8-6-7-9-15(14)18/h6-9,13H,5,10-12H2,1-4H3,(H2,19,20,21). The Morgan fingerprint density at radius 1 is 1.35 bits per heavy atom. The minimum absolute atomic E-state index is 0.0654. The number of likely N-dealkylation sites (N-methyl/N-ethyl adjacent to an activating group) is 1. The van der Waals surface area contributed by atoms with Crippen LogP contribution in [0.5, 0.6) is 0 Å². The summed E-state index contributed by atoms with van der Waals surface area (Å²) in [7, 11) is 3.40. The van der Waals surface area contributed by atoms with E-state index in [1.54, 1.807) is 26.2 Å². The van der Waals surface area contributed by atoms with E-state index in [1.807, 2.05) is 13.0 Å². The molecule has 0 spiro atoms. The smallest absolute Gasteiger partial charge is 0.243 e. The van der Waals surface area contributed by atoms with E-state index in [9.17, 15) is 9.18 Å². The highest BCUT2D eigenvalue weighted by Gasteiger charge is 2.07. The maximum Gasteiger partial charge on any atom is 0.243 e. The fraction of sp³-hybridized carbons (Fsp3) is 0.529. The van der Waals surface area contributed by atoms with Gasteiger partial charge in [0.05, 0.1) is 0 Å². The lowest BCUT2D eigenvalue weighted by Gasteiger charge is -2.17. The Bertz CT molecular complexity index is 531. The fourth-order valence-corrected chi connectivity index (χ4v) is 1.79. The minimum Gasteiger partial charge on any atom is -0.356 e. The second kappa shape index (κ2) is 9.82. The van der Waals surface area contributed by atoms with E-state index in [-0.39, 0.29) is 24.3 Å². The average molecular weight is 322 g/mol. The van der Waals surface area contributed by atoms with Crippen molar-refractivity contribution < 1.29 is 9.18 Å². The predicted octanol–water partition coefficient (Wildman–Crippen LogP) is 1.79. The average Bonchev–Trinajstić information content (AvgIpc) is 2.53. The third-order valence-corrected chi connectivity index (χ3v) is 3.51. The van der Waals surface area contributed by atoms with Crippen LogP contribution in [0.2, 0.25) is 0 Å². The lowest BCUT2D eigenvalue weighted by molar-refractivity contribution is -0.127. The molecule has 0 aromatic heterocycles. The van der Waals surface area contributed by atoms with Crippen molar-refractivity contribution in [1.82, 2.24) is 15.5 Å². The van der Waals surface area contributed by atoms with Gasteiger partial charge in [-0.25, -0.2) is 9.38 Å². The van der Waals surface area contributed by atoms with E-state index in [4.69, 9.17) is 0 Å². The zero-order chi connectivity index (χ0) is 17.2. The Kier molecular flexibility index (Phi) is 8.08. The van der Waals surface area contributed by atoms with Crippen LogP contribution in [-0.4, -0.2) is 50.0 Å². The van der Waals surface area contributed by atoms with Crippen molar-refractivity contribution in [2.24, 2.45) is 4.99 Å². The number of carbonyl (C=O) groups is 1. The summed E-state index contributed by atoms with van der Waals surface area (Å²) in [6.07, 6.45) is 1.49. The number of benzene rings is 1. The van der Waals surface area contributed by atoms with Crippen molar-refractivity contribution in [3.63, 3.8) is 0 Å². The zero-order valence-corrected chi connectivity index (χ0v) is 14.4. The Balaban J connectivity index is 2.60. The molecule has 0 aliphatic heterocycles. The number of nitrogens with one attached hydrogen (secondary N) is 2. The van der Waals surface area contributed by atoms with Crippen LogP contribution in [0.15, 0.2) is 29.3 Å². The third-order valence-electron chi connectivity index (χ3n) is 3.51. The molecule has 0 saturated heterocycles. The van der Waals surface area contributed by atoms with Crippen molar-refractivity contribution in [2.45, 2.75) is 32.7 Å². The number of aliphatic imine (C=N–C) groups is 1. The van der Waals surface area contributed by atoms with Crippen molar-refractivity contribution in [3.8, 4) is 0 Å². The quantitative estimate of drug-likeness (QED) is 0.594. The molecule has 0 aliphatic carbocycles. The van der Waals surface area contributed by atoms with Gasteiger partial charge in [0.15, 0.2) is 5.96 Å². The Morgan fingerprint density at radius 3 is 2.65 bits per heavy atom. The largest absolute Gasteiger partial charge is 0.356 e. The molecule has 1 atom stereocenters. The van der Waals surface area contributed by atoms with Crippen LogP contribution in [0.3, 0.4) is 0 Å². The SMILES string of the molecule is CCC(C)NC(=NCC(=O)N(C)C)NCCc1ccccc1F. The van der Waals surface area contributed by atoms with Gasteiger partial charge in [-0.3, -0.25) is 4.79 Å². The highest BCUT2D eigenvalue weighted by atomic mass is 19.1. The van der Waals surface area contributed by atoms with Gasteiger partial charge in [-0.1, -0.05) is 25.1 Å². The van der Waals surface area contributed by atoms with Crippen LogP contribution in [0, 0.1) is 5.82 Å². The number of nitrogens with zero attached hydrogens (tertiary/aromatic N) is 2. The molecule has 1 aromatic carbocycles. The number of carbonyl (C=O) groups excluding carboxylic acids is 1. The van der Waals surface area contributed by atoms with Crippen LogP contribution >= 0.6 is 0 Å². The Labute approximate surface area is 138 Å². The van der Waals surface area contributed by atoms with Gasteiger partial charge in [-0.15, -0.1) is 0 Å². The first kappa shape index (κ1) is 18.9. The molecular formula is C17H27FN4O. The molecule has 1 amide bonds. The number of halogens is 1. The molecule has 128 valence electrons. The lowest BCUT2D eigenvalue weighted by atomic mass is 10.1. The molecular weight excluding hydrogens is 295 g/mol. The molecule has 0 aliphatic rings. The second-order valence-electron chi connectivity index (χ2n) is 5.67. The number of rotatable bonds is 7. The Morgan fingerprint density at radius 2 is 2.04 bits per heavy atom. The molecule has 2 N–H and O–H groups in total. The van der Waals surface area contributed by atoms with Crippen LogP contribution in [0.1, 0.15) is 25.8 Å². The predicted molar refractivity (Wildman–Crippen MR) is 92.0 cm³/mol. The molecule has 5 nitrogen and oxygen atoms in total. The first-order chi connectivity index (χ1) is 10.9. The summed E-state index contributed by atoms with van der Waals surface area (Å²) in [6.45, 7) is 4.74. The first-order valence-electron chi connectivity index (χ1n) is 7.92. The van der Waals surface area contributed by atoms with Gasteiger partial charge < -0.3 is 15.5 Å². The van der Waals surface area contributed by atoms with E-state index in [1.165, 1.54) is 11.0 Å². The zero-order valence-electron chi connectivity index (χ0n) is 14.4. The van der Waals surface area contributed by atoms with Gasteiger partial charge >= 0.3 is 0 Å². The van der Waals surface area contributed by atoms with Crippen molar-refractivity contribution >= 4 is 11.9 Å². The van der Waals surface area contributed by atoms with E-state index in [0.29, 0.717) is 24.5 Å². The van der Waals surface area contributed by atoms with Gasteiger partial charge in [-0.05, 0) is 31.4 Å². The molecule has 1 aromatic rings. The first-order valence-corrected chi connectivity index (χ1v) is 7.92. The van der Waals surface area contributed by atoms with Gasteiger partial charge in [0.25, 0.3) is 0 Å². The monoisotopic (exact) mass is 322 g/mol. The minimum atomic E-state index is -0.203. The molecule has 0 heterocycles. The van der Waals surface area contributed by atoms with Gasteiger partial charge in [0, 0.05) is 26.7 Å². The third kappa shape index (κ3) is 7.13. The normalized spacial score (nSPS) is 12.7. The van der Waals surface area contributed by atoms with Gasteiger partial charge in [-0.2, -0.15) is 0 Å². The van der Waals surface area contributed by atoms with Crippen LogP contribution in [-0.2, 0) is 11.2 Å². The number of hydrogen-bond donors (Lipinski definition) is 2. The van der Waals surface area contributed by atoms with Crippen LogP contribution in [0.25, 0.3) is 0 Å². The van der Waals surface area contributed by atoms with E-state index in [2.05, 4.69) is 22.5 Å². The molecule has 23 heavy (non-hydrogen) atoms. The van der Waals surface area contributed by atoms with Crippen molar-refractivity contribution in [1.29, 1.82) is 0 Å². The summed E-state index contributed by atoms with van der Waals surface area (Å²) in [4.78, 5) is 17.5. The Hall–Kier alpha value is -2.11. The number of amides is 1. The maximum atomic E-state index is 13.6. The molecule has 0 fully saturated rings. The van der Waals surface area contributed by atoms with E-state index < -0.39 is 0 Å². The lowest BCUT2D eigenvalue weighted by Crippen LogP contribution is -2.43. The van der Waals surface area contributed by atoms with Crippen molar-refractivity contribution in [2.75, 3.05) is 27.2 Å². The van der Waals surface area contributed by atoms with Crippen LogP contribution in [0.4, 0.5) is 4.39 Å². The highest BCUT2D eigenvalue weighted by molar-refractivity contribution is 5.84. The summed E-state index contributed by atoms with van der Waals surface area (Å²) in [5.41, 5.74) is 0.659. The highest BCUT2D eigenvalue weighted by Crippen LogP contribution is 2.06. The summed E-state index contributed by atoms with van der Waals surface area (Å²) in [5.74, 6) is 0.306. The molecule has 6 heteroatoms. The number of hydrogen-bond acceptors (Lipinski definition) is 2. The van der Waals surface area contributed by atoms with Gasteiger partial charge in [0.1, 0.15) is 12.4 Å².